The third-order valence-electron chi connectivity index (χ3n) is 3.77. The lowest BCUT2D eigenvalue weighted by atomic mass is 9.80. The first-order valence-electron chi connectivity index (χ1n) is 6.68. The van der Waals surface area contributed by atoms with Gasteiger partial charge < -0.3 is 14.6 Å². The molecule has 0 spiro atoms. The van der Waals surface area contributed by atoms with Gasteiger partial charge in [0.15, 0.2) is 0 Å². The molecule has 0 amide bonds. The molecule has 2 rings (SSSR count). The SMILES string of the molecule is CCCn1ccc(CNCC2(OC)CCC2)c1. The van der Waals surface area contributed by atoms with Crippen LogP contribution in [0.1, 0.15) is 38.2 Å². The molecule has 1 aromatic heterocycles. The van der Waals surface area contributed by atoms with Gasteiger partial charge in [-0.15, -0.1) is 0 Å². The van der Waals surface area contributed by atoms with Crippen LogP contribution in [0.15, 0.2) is 18.5 Å². The molecule has 1 heterocycles. The summed E-state index contributed by atoms with van der Waals surface area (Å²) in [6.45, 7) is 5.24. The van der Waals surface area contributed by atoms with Crippen molar-refractivity contribution in [1.29, 1.82) is 0 Å². The third-order valence-corrected chi connectivity index (χ3v) is 3.77. The Kier molecular flexibility index (Phi) is 4.24. The predicted octanol–water partition coefficient (Wildman–Crippen LogP) is 2.56. The highest BCUT2D eigenvalue weighted by molar-refractivity contribution is 5.10. The van der Waals surface area contributed by atoms with E-state index in [2.05, 4.69) is 35.3 Å². The molecule has 1 N–H and O–H groups in total. The molecule has 3 nitrogen and oxygen atoms in total. The quantitative estimate of drug-likeness (QED) is 0.787. The van der Waals surface area contributed by atoms with Crippen LogP contribution in [-0.4, -0.2) is 23.8 Å². The molecule has 3 heteroatoms. The lowest BCUT2D eigenvalue weighted by Crippen LogP contribution is -2.47. The fraction of sp³-hybridized carbons (Fsp3) is 0.714. The smallest absolute Gasteiger partial charge is 0.0802 e. The molecule has 1 aliphatic rings. The van der Waals surface area contributed by atoms with Gasteiger partial charge in [-0.25, -0.2) is 0 Å². The van der Waals surface area contributed by atoms with Gasteiger partial charge in [0.05, 0.1) is 5.60 Å². The number of ether oxygens (including phenoxy) is 1. The van der Waals surface area contributed by atoms with Gasteiger partial charge >= 0.3 is 0 Å². The summed E-state index contributed by atoms with van der Waals surface area (Å²) in [6, 6.07) is 2.20. The molecular weight excluding hydrogens is 212 g/mol. The molecule has 0 aromatic carbocycles. The normalized spacial score (nSPS) is 18.0. The highest BCUT2D eigenvalue weighted by atomic mass is 16.5. The second-order valence-electron chi connectivity index (χ2n) is 5.10. The maximum Gasteiger partial charge on any atom is 0.0802 e. The Bertz CT molecular complexity index is 336. The lowest BCUT2D eigenvalue weighted by Gasteiger charge is -2.40. The van der Waals surface area contributed by atoms with E-state index in [4.69, 9.17) is 4.74 Å². The summed E-state index contributed by atoms with van der Waals surface area (Å²) in [5.41, 5.74) is 1.50. The summed E-state index contributed by atoms with van der Waals surface area (Å²) in [6.07, 6.45) is 9.30. The van der Waals surface area contributed by atoms with E-state index >= 15 is 0 Å². The molecule has 0 unspecified atom stereocenters. The highest BCUT2D eigenvalue weighted by Gasteiger charge is 2.36. The van der Waals surface area contributed by atoms with Crippen LogP contribution in [0, 0.1) is 0 Å². The number of aromatic nitrogens is 1. The maximum absolute atomic E-state index is 5.59. The molecule has 0 bridgehead atoms. The first-order chi connectivity index (χ1) is 8.28. The Morgan fingerprint density at radius 3 is 2.88 bits per heavy atom. The van der Waals surface area contributed by atoms with Gasteiger partial charge in [-0.05, 0) is 37.3 Å². The third kappa shape index (κ3) is 3.11. The van der Waals surface area contributed by atoms with Crippen LogP contribution in [0.2, 0.25) is 0 Å². The van der Waals surface area contributed by atoms with Crippen molar-refractivity contribution in [2.45, 2.75) is 51.3 Å². The van der Waals surface area contributed by atoms with Crippen LogP contribution in [0.25, 0.3) is 0 Å². The molecule has 1 saturated carbocycles. The highest BCUT2D eigenvalue weighted by Crippen LogP contribution is 2.34. The van der Waals surface area contributed by atoms with Crippen molar-refractivity contribution in [3.8, 4) is 0 Å². The number of nitrogens with one attached hydrogen (secondary N) is 1. The van der Waals surface area contributed by atoms with Gasteiger partial charge in [0, 0.05) is 39.1 Å². The van der Waals surface area contributed by atoms with E-state index in [0.717, 1.165) is 19.6 Å². The number of nitrogens with zero attached hydrogens (tertiary/aromatic N) is 1. The fourth-order valence-electron chi connectivity index (χ4n) is 2.45. The number of methoxy groups -OCH3 is 1. The maximum atomic E-state index is 5.59. The van der Waals surface area contributed by atoms with Crippen molar-refractivity contribution in [2.75, 3.05) is 13.7 Å². The molecule has 1 fully saturated rings. The second kappa shape index (κ2) is 5.69. The molecule has 96 valence electrons. The van der Waals surface area contributed by atoms with Crippen molar-refractivity contribution in [3.05, 3.63) is 24.0 Å². The number of hydrogen-bond acceptors (Lipinski definition) is 2. The van der Waals surface area contributed by atoms with Crippen LogP contribution in [-0.2, 0) is 17.8 Å². The molecule has 0 atom stereocenters. The van der Waals surface area contributed by atoms with Crippen molar-refractivity contribution < 1.29 is 4.74 Å². The summed E-state index contributed by atoms with van der Waals surface area (Å²) in [5, 5.41) is 3.51. The average Bonchev–Trinajstić information content (AvgIpc) is 2.71. The van der Waals surface area contributed by atoms with Crippen LogP contribution >= 0.6 is 0 Å². The lowest BCUT2D eigenvalue weighted by molar-refractivity contribution is -0.0695. The molecule has 17 heavy (non-hydrogen) atoms. The molecule has 0 aliphatic heterocycles. The first-order valence-corrected chi connectivity index (χ1v) is 6.68. The Balaban J connectivity index is 1.73. The van der Waals surface area contributed by atoms with E-state index in [-0.39, 0.29) is 5.60 Å². The number of hydrogen-bond donors (Lipinski definition) is 1. The van der Waals surface area contributed by atoms with E-state index < -0.39 is 0 Å². The molecular formula is C14H24N2O. The summed E-state index contributed by atoms with van der Waals surface area (Å²) in [4.78, 5) is 0. The van der Waals surface area contributed by atoms with Crippen LogP contribution in [0.5, 0.6) is 0 Å². The Morgan fingerprint density at radius 2 is 2.29 bits per heavy atom. The van der Waals surface area contributed by atoms with Crippen molar-refractivity contribution in [3.63, 3.8) is 0 Å². The Labute approximate surface area is 104 Å². The topological polar surface area (TPSA) is 26.2 Å². The minimum Gasteiger partial charge on any atom is -0.377 e. The van der Waals surface area contributed by atoms with Crippen LogP contribution in [0.4, 0.5) is 0 Å². The zero-order valence-corrected chi connectivity index (χ0v) is 11.0. The fourth-order valence-corrected chi connectivity index (χ4v) is 2.45. The van der Waals surface area contributed by atoms with Gasteiger partial charge in [-0.3, -0.25) is 0 Å². The van der Waals surface area contributed by atoms with Crippen LogP contribution in [0.3, 0.4) is 0 Å². The van der Waals surface area contributed by atoms with E-state index in [9.17, 15) is 0 Å². The second-order valence-corrected chi connectivity index (χ2v) is 5.10. The largest absolute Gasteiger partial charge is 0.377 e. The van der Waals surface area contributed by atoms with E-state index in [1.165, 1.54) is 31.2 Å². The summed E-state index contributed by atoms with van der Waals surface area (Å²) < 4.78 is 7.84. The van der Waals surface area contributed by atoms with Crippen molar-refractivity contribution in [2.24, 2.45) is 0 Å². The summed E-state index contributed by atoms with van der Waals surface area (Å²) in [5.74, 6) is 0. The first kappa shape index (κ1) is 12.7. The van der Waals surface area contributed by atoms with E-state index in [1.807, 2.05) is 7.11 Å². The molecule has 0 saturated heterocycles. The van der Waals surface area contributed by atoms with Gasteiger partial charge in [0.25, 0.3) is 0 Å². The molecule has 1 aliphatic carbocycles. The van der Waals surface area contributed by atoms with Gasteiger partial charge in [-0.2, -0.15) is 0 Å². The van der Waals surface area contributed by atoms with E-state index in [0.29, 0.717) is 0 Å². The Morgan fingerprint density at radius 1 is 1.47 bits per heavy atom. The molecule has 0 radical (unpaired) electrons. The van der Waals surface area contributed by atoms with Crippen molar-refractivity contribution in [1.82, 2.24) is 9.88 Å². The summed E-state index contributed by atoms with van der Waals surface area (Å²) in [7, 11) is 1.83. The van der Waals surface area contributed by atoms with Gasteiger partial charge in [-0.1, -0.05) is 6.92 Å². The minimum atomic E-state index is 0.131. The van der Waals surface area contributed by atoms with Crippen molar-refractivity contribution >= 4 is 0 Å². The van der Waals surface area contributed by atoms with Crippen LogP contribution < -0.4 is 5.32 Å². The monoisotopic (exact) mass is 236 g/mol. The number of rotatable bonds is 7. The zero-order valence-electron chi connectivity index (χ0n) is 11.0. The summed E-state index contributed by atoms with van der Waals surface area (Å²) >= 11 is 0. The predicted molar refractivity (Wildman–Crippen MR) is 70.0 cm³/mol. The minimum absolute atomic E-state index is 0.131. The zero-order chi connectivity index (χ0) is 12.1. The average molecular weight is 236 g/mol. The standard InChI is InChI=1S/C14H24N2O/c1-3-8-16-9-5-13(11-16)10-15-12-14(17-2)6-4-7-14/h5,9,11,15H,3-4,6-8,10,12H2,1-2H3. The van der Waals surface area contributed by atoms with Gasteiger partial charge in [0.1, 0.15) is 0 Å². The Hall–Kier alpha value is -0.800. The molecule has 1 aromatic rings. The number of aryl methyl sites for hydroxylation is 1. The van der Waals surface area contributed by atoms with E-state index in [1.54, 1.807) is 0 Å². The van der Waals surface area contributed by atoms with Gasteiger partial charge in [0.2, 0.25) is 0 Å².